The fourth-order valence-corrected chi connectivity index (χ4v) is 3.76. The Morgan fingerprint density at radius 3 is 2.33 bits per heavy atom. The molecular formula is C22H22ClNO3. The lowest BCUT2D eigenvalue weighted by Crippen LogP contribution is -2.42. The van der Waals surface area contributed by atoms with E-state index in [2.05, 4.69) is 0 Å². The molecule has 1 saturated heterocycles. The highest BCUT2D eigenvalue weighted by molar-refractivity contribution is 6.30. The molecule has 0 saturated carbocycles. The Morgan fingerprint density at radius 2 is 1.70 bits per heavy atom. The van der Waals surface area contributed by atoms with E-state index in [1.54, 1.807) is 47.4 Å². The van der Waals surface area contributed by atoms with Gasteiger partial charge in [-0.15, -0.1) is 0 Å². The molecule has 0 N–H and O–H groups in total. The van der Waals surface area contributed by atoms with E-state index >= 15 is 0 Å². The summed E-state index contributed by atoms with van der Waals surface area (Å²) in [7, 11) is 0. The predicted octanol–water partition coefficient (Wildman–Crippen LogP) is 4.59. The average molecular weight is 384 g/mol. The van der Waals surface area contributed by atoms with Gasteiger partial charge >= 0.3 is 0 Å². The summed E-state index contributed by atoms with van der Waals surface area (Å²) in [5, 5.41) is 0.610. The van der Waals surface area contributed by atoms with Crippen LogP contribution in [0.3, 0.4) is 0 Å². The van der Waals surface area contributed by atoms with Gasteiger partial charge in [0.15, 0.2) is 11.6 Å². The molecule has 1 aliphatic heterocycles. The second-order valence-corrected chi connectivity index (χ2v) is 7.48. The third-order valence-electron chi connectivity index (χ3n) is 5.07. The zero-order valence-electron chi connectivity index (χ0n) is 15.5. The summed E-state index contributed by atoms with van der Waals surface area (Å²) in [5.74, 6) is -0.279. The molecule has 27 heavy (non-hydrogen) atoms. The van der Waals surface area contributed by atoms with Crippen LogP contribution < -0.4 is 0 Å². The summed E-state index contributed by atoms with van der Waals surface area (Å²) in [6, 6.07) is 12.0. The maximum absolute atomic E-state index is 12.9. The molecule has 3 rings (SSSR count). The van der Waals surface area contributed by atoms with Crippen LogP contribution in [0.15, 0.2) is 42.5 Å². The highest BCUT2D eigenvalue weighted by atomic mass is 35.5. The van der Waals surface area contributed by atoms with Crippen LogP contribution >= 0.6 is 11.6 Å². The molecular weight excluding hydrogens is 362 g/mol. The van der Waals surface area contributed by atoms with E-state index in [0.717, 1.165) is 18.4 Å². The molecule has 4 nitrogen and oxygen atoms in total. The fraction of sp³-hybridized carbons (Fsp3) is 0.318. The van der Waals surface area contributed by atoms with Crippen LogP contribution in [0.2, 0.25) is 5.02 Å². The zero-order valence-corrected chi connectivity index (χ0v) is 16.3. The molecule has 1 atom stereocenters. The van der Waals surface area contributed by atoms with Gasteiger partial charge in [-0.05, 0) is 62.6 Å². The fourth-order valence-electron chi connectivity index (χ4n) is 3.53. The lowest BCUT2D eigenvalue weighted by atomic mass is 9.88. The monoisotopic (exact) mass is 383 g/mol. The maximum Gasteiger partial charge on any atom is 0.253 e. The maximum atomic E-state index is 12.9. The van der Waals surface area contributed by atoms with Crippen molar-refractivity contribution >= 4 is 29.1 Å². The van der Waals surface area contributed by atoms with Crippen molar-refractivity contribution in [1.29, 1.82) is 0 Å². The van der Waals surface area contributed by atoms with Crippen molar-refractivity contribution in [3.05, 3.63) is 69.7 Å². The summed E-state index contributed by atoms with van der Waals surface area (Å²) >= 11 is 5.99. The van der Waals surface area contributed by atoms with Gasteiger partial charge in [-0.3, -0.25) is 14.4 Å². The quantitative estimate of drug-likeness (QED) is 0.726. The van der Waals surface area contributed by atoms with Gasteiger partial charge in [0.1, 0.15) is 0 Å². The first-order chi connectivity index (χ1) is 12.9. The third-order valence-corrected chi connectivity index (χ3v) is 5.31. The average Bonchev–Trinajstić information content (AvgIpc) is 2.67. The van der Waals surface area contributed by atoms with Crippen molar-refractivity contribution in [3.8, 4) is 0 Å². The highest BCUT2D eigenvalue weighted by Crippen LogP contribution is 2.25. The summed E-state index contributed by atoms with van der Waals surface area (Å²) in [6.45, 7) is 4.42. The Labute approximate surface area is 164 Å². The molecule has 0 spiro atoms. The number of amides is 1. The summed E-state index contributed by atoms with van der Waals surface area (Å²) in [4.78, 5) is 38.9. The smallest absolute Gasteiger partial charge is 0.253 e. The molecule has 0 unspecified atom stereocenters. The van der Waals surface area contributed by atoms with E-state index in [1.165, 1.54) is 6.92 Å². The van der Waals surface area contributed by atoms with Crippen molar-refractivity contribution in [3.63, 3.8) is 0 Å². The number of nitrogens with zero attached hydrogens (tertiary/aromatic N) is 1. The van der Waals surface area contributed by atoms with Crippen LogP contribution in [0.25, 0.3) is 0 Å². The minimum Gasteiger partial charge on any atom is -0.338 e. The van der Waals surface area contributed by atoms with E-state index < -0.39 is 0 Å². The Hall–Kier alpha value is -2.46. The van der Waals surface area contributed by atoms with E-state index in [9.17, 15) is 14.4 Å². The normalized spacial score (nSPS) is 16.9. The molecule has 1 amide bonds. The van der Waals surface area contributed by atoms with Crippen molar-refractivity contribution in [2.45, 2.75) is 26.7 Å². The molecule has 1 heterocycles. The SMILES string of the molecule is CC(=O)c1ccc(C(=O)N2CCC[C@@H](C(=O)c3ccc(Cl)cc3C)C2)cc1. The number of halogens is 1. The van der Waals surface area contributed by atoms with Crippen molar-refractivity contribution < 1.29 is 14.4 Å². The van der Waals surface area contributed by atoms with Crippen LogP contribution in [-0.2, 0) is 0 Å². The van der Waals surface area contributed by atoms with E-state index in [-0.39, 0.29) is 23.4 Å². The number of ketones is 2. The Kier molecular flexibility index (Phi) is 5.76. The number of carbonyl (C=O) groups excluding carboxylic acids is 3. The largest absolute Gasteiger partial charge is 0.338 e. The number of carbonyl (C=O) groups is 3. The Morgan fingerprint density at radius 1 is 1.04 bits per heavy atom. The van der Waals surface area contributed by atoms with E-state index in [1.807, 2.05) is 6.92 Å². The molecule has 1 fully saturated rings. The first-order valence-corrected chi connectivity index (χ1v) is 9.45. The molecule has 0 bridgehead atoms. The number of benzene rings is 2. The summed E-state index contributed by atoms with van der Waals surface area (Å²) in [6.07, 6.45) is 1.56. The van der Waals surface area contributed by atoms with Crippen LogP contribution in [0.1, 0.15) is 56.4 Å². The molecule has 0 aromatic heterocycles. The highest BCUT2D eigenvalue weighted by Gasteiger charge is 2.30. The molecule has 0 radical (unpaired) electrons. The molecule has 1 aliphatic rings. The summed E-state index contributed by atoms with van der Waals surface area (Å²) in [5.41, 5.74) is 2.65. The topological polar surface area (TPSA) is 54.5 Å². The number of aryl methyl sites for hydroxylation is 1. The molecule has 140 valence electrons. The number of hydrogen-bond donors (Lipinski definition) is 0. The zero-order chi connectivity index (χ0) is 19.6. The first-order valence-electron chi connectivity index (χ1n) is 9.07. The minimum absolute atomic E-state index is 0.0315. The van der Waals surface area contributed by atoms with Crippen LogP contribution in [0.4, 0.5) is 0 Å². The lowest BCUT2D eigenvalue weighted by molar-refractivity contribution is 0.0636. The number of piperidine rings is 1. The van der Waals surface area contributed by atoms with Crippen LogP contribution in [0.5, 0.6) is 0 Å². The number of rotatable bonds is 4. The van der Waals surface area contributed by atoms with Gasteiger partial charge in [-0.25, -0.2) is 0 Å². The van der Waals surface area contributed by atoms with Gasteiger partial charge in [0, 0.05) is 40.7 Å². The van der Waals surface area contributed by atoms with Gasteiger partial charge in [0.25, 0.3) is 5.91 Å². The second kappa shape index (κ2) is 8.05. The number of Topliss-reactive ketones (excluding diaryl/α,β-unsaturated/α-hetero) is 2. The minimum atomic E-state index is -0.209. The van der Waals surface area contributed by atoms with Crippen molar-refractivity contribution in [1.82, 2.24) is 4.90 Å². The van der Waals surface area contributed by atoms with Gasteiger partial charge < -0.3 is 4.90 Å². The molecule has 0 aliphatic carbocycles. The van der Waals surface area contributed by atoms with E-state index in [0.29, 0.717) is 34.8 Å². The lowest BCUT2D eigenvalue weighted by Gasteiger charge is -2.32. The Balaban J connectivity index is 1.74. The Bertz CT molecular complexity index is 889. The third kappa shape index (κ3) is 4.28. The van der Waals surface area contributed by atoms with Gasteiger partial charge in [0.2, 0.25) is 0 Å². The second-order valence-electron chi connectivity index (χ2n) is 7.05. The number of likely N-dealkylation sites (tertiary alicyclic amines) is 1. The standard InChI is InChI=1S/C22H22ClNO3/c1-14-12-19(23)9-10-20(14)21(26)18-4-3-11-24(13-18)22(27)17-7-5-16(6-8-17)15(2)25/h5-10,12,18H,3-4,11,13H2,1-2H3/t18-/m1/s1. The van der Waals surface area contributed by atoms with E-state index in [4.69, 9.17) is 11.6 Å². The number of hydrogen-bond acceptors (Lipinski definition) is 3. The predicted molar refractivity (Wildman–Crippen MR) is 106 cm³/mol. The molecule has 2 aromatic carbocycles. The van der Waals surface area contributed by atoms with Gasteiger partial charge in [-0.2, -0.15) is 0 Å². The van der Waals surface area contributed by atoms with Crippen LogP contribution in [0, 0.1) is 12.8 Å². The van der Waals surface area contributed by atoms with Crippen LogP contribution in [-0.4, -0.2) is 35.5 Å². The summed E-state index contributed by atoms with van der Waals surface area (Å²) < 4.78 is 0. The van der Waals surface area contributed by atoms with Crippen molar-refractivity contribution in [2.24, 2.45) is 5.92 Å². The molecule has 5 heteroatoms. The molecule has 2 aromatic rings. The van der Waals surface area contributed by atoms with Crippen molar-refractivity contribution in [2.75, 3.05) is 13.1 Å². The van der Waals surface area contributed by atoms with Gasteiger partial charge in [0.05, 0.1) is 0 Å². The first kappa shape index (κ1) is 19.3. The van der Waals surface area contributed by atoms with Gasteiger partial charge in [-0.1, -0.05) is 23.7 Å².